The molecule has 9 heteroatoms. The maximum atomic E-state index is 13.7. The predicted molar refractivity (Wildman–Crippen MR) is 123 cm³/mol. The smallest absolute Gasteiger partial charge is 0.346 e. The zero-order chi connectivity index (χ0) is 24.3. The predicted octanol–water partition coefficient (Wildman–Crippen LogP) is 3.32. The average Bonchev–Trinajstić information content (AvgIpc) is 2.84. The Labute approximate surface area is 195 Å². The number of carbonyl (C=O) groups is 3. The van der Waals surface area contributed by atoms with E-state index in [-0.39, 0.29) is 17.9 Å². The lowest BCUT2D eigenvalue weighted by molar-refractivity contribution is -0.120. The van der Waals surface area contributed by atoms with E-state index in [4.69, 9.17) is 9.47 Å². The van der Waals surface area contributed by atoms with Gasteiger partial charge in [-0.25, -0.2) is 14.6 Å². The van der Waals surface area contributed by atoms with Crippen molar-refractivity contribution in [1.29, 1.82) is 0 Å². The van der Waals surface area contributed by atoms with Crippen LogP contribution in [0.2, 0.25) is 0 Å². The molecule has 0 fully saturated rings. The number of nitrogens with zero attached hydrogens (tertiary/aromatic N) is 1. The summed E-state index contributed by atoms with van der Waals surface area (Å²) < 4.78 is 24.1. The molecule has 0 aliphatic carbocycles. The van der Waals surface area contributed by atoms with Gasteiger partial charge in [-0.05, 0) is 73.2 Å². The zero-order valence-corrected chi connectivity index (χ0v) is 18.3. The first-order valence-electron chi connectivity index (χ1n) is 10.4. The molecule has 0 spiro atoms. The third-order valence-corrected chi connectivity index (χ3v) is 4.42. The Bertz CT molecular complexity index is 1180. The van der Waals surface area contributed by atoms with Crippen LogP contribution in [0.3, 0.4) is 0 Å². The van der Waals surface area contributed by atoms with Gasteiger partial charge in [-0.15, -0.1) is 0 Å². The average molecular weight is 463 g/mol. The van der Waals surface area contributed by atoms with E-state index >= 15 is 0 Å². The number of halogens is 1. The van der Waals surface area contributed by atoms with Gasteiger partial charge in [0.25, 0.3) is 11.8 Å². The van der Waals surface area contributed by atoms with Crippen LogP contribution in [0.5, 0.6) is 11.5 Å². The molecule has 0 heterocycles. The van der Waals surface area contributed by atoms with Gasteiger partial charge in [-0.3, -0.25) is 9.59 Å². The SMILES string of the molecule is CCOc1ccc(C(=O)NCC(=O)NN=Cc2ccc(OC(=O)c3ccccc3F)cc2)cc1. The standard InChI is InChI=1S/C25H22FN3O5/c1-2-33-19-13-9-18(10-14-19)24(31)27-16-23(30)29-28-15-17-7-11-20(12-8-17)34-25(32)21-5-3-4-6-22(21)26/h3-15H,2,16H2,1H3,(H,27,31)(H,29,30). The highest BCUT2D eigenvalue weighted by Crippen LogP contribution is 2.15. The summed E-state index contributed by atoms with van der Waals surface area (Å²) in [5, 5.41) is 6.33. The van der Waals surface area contributed by atoms with Gasteiger partial charge >= 0.3 is 5.97 Å². The van der Waals surface area contributed by atoms with Crippen LogP contribution in [0.25, 0.3) is 0 Å². The fourth-order valence-corrected chi connectivity index (χ4v) is 2.76. The van der Waals surface area contributed by atoms with Gasteiger partial charge in [0.1, 0.15) is 17.3 Å². The van der Waals surface area contributed by atoms with Gasteiger partial charge in [-0.2, -0.15) is 5.10 Å². The molecule has 3 aromatic rings. The molecule has 8 nitrogen and oxygen atoms in total. The summed E-state index contributed by atoms with van der Waals surface area (Å²) in [5.74, 6) is -1.50. The van der Waals surface area contributed by atoms with Crippen LogP contribution in [0, 0.1) is 5.82 Å². The lowest BCUT2D eigenvalue weighted by atomic mass is 10.2. The maximum Gasteiger partial charge on any atom is 0.346 e. The van der Waals surface area contributed by atoms with Crippen molar-refractivity contribution in [2.45, 2.75) is 6.92 Å². The first-order valence-corrected chi connectivity index (χ1v) is 10.4. The van der Waals surface area contributed by atoms with Crippen LogP contribution in [-0.2, 0) is 4.79 Å². The van der Waals surface area contributed by atoms with Crippen LogP contribution in [0.4, 0.5) is 4.39 Å². The molecule has 0 unspecified atom stereocenters. The van der Waals surface area contributed by atoms with Gasteiger partial charge in [-0.1, -0.05) is 12.1 Å². The number of carbonyl (C=O) groups excluding carboxylic acids is 3. The second-order valence-electron chi connectivity index (χ2n) is 6.87. The zero-order valence-electron chi connectivity index (χ0n) is 18.3. The number of rotatable bonds is 9. The minimum absolute atomic E-state index is 0.162. The van der Waals surface area contributed by atoms with E-state index in [9.17, 15) is 18.8 Å². The summed E-state index contributed by atoms with van der Waals surface area (Å²) >= 11 is 0. The molecule has 0 saturated carbocycles. The van der Waals surface area contributed by atoms with Crippen LogP contribution in [0.15, 0.2) is 77.9 Å². The van der Waals surface area contributed by atoms with Gasteiger partial charge in [0, 0.05) is 5.56 Å². The molecule has 2 N–H and O–H groups in total. The van der Waals surface area contributed by atoms with E-state index in [1.165, 1.54) is 36.5 Å². The van der Waals surface area contributed by atoms with Crippen LogP contribution in [0.1, 0.15) is 33.2 Å². The number of benzene rings is 3. The monoisotopic (exact) mass is 463 g/mol. The normalized spacial score (nSPS) is 10.5. The van der Waals surface area contributed by atoms with Crippen LogP contribution in [-0.4, -0.2) is 37.1 Å². The van der Waals surface area contributed by atoms with Gasteiger partial charge in [0.05, 0.1) is 24.9 Å². The lowest BCUT2D eigenvalue weighted by Crippen LogP contribution is -2.34. The van der Waals surface area contributed by atoms with Crippen molar-refractivity contribution in [1.82, 2.24) is 10.7 Å². The Morgan fingerprint density at radius 3 is 2.29 bits per heavy atom. The second-order valence-corrected chi connectivity index (χ2v) is 6.87. The molecule has 0 atom stereocenters. The Kier molecular flexibility index (Phi) is 8.45. The van der Waals surface area contributed by atoms with Gasteiger partial charge < -0.3 is 14.8 Å². The minimum atomic E-state index is -0.806. The quantitative estimate of drug-likeness (QED) is 0.219. The summed E-state index contributed by atoms with van der Waals surface area (Å²) in [7, 11) is 0. The number of hydrogen-bond donors (Lipinski definition) is 2. The third-order valence-electron chi connectivity index (χ3n) is 4.42. The second kappa shape index (κ2) is 11.9. The Balaban J connectivity index is 1.44. The van der Waals surface area contributed by atoms with Crippen LogP contribution >= 0.6 is 0 Å². The highest BCUT2D eigenvalue weighted by Gasteiger charge is 2.13. The Morgan fingerprint density at radius 1 is 0.941 bits per heavy atom. The summed E-state index contributed by atoms with van der Waals surface area (Å²) in [6.07, 6.45) is 1.38. The molecule has 0 saturated heterocycles. The van der Waals surface area contributed by atoms with Crippen molar-refractivity contribution in [3.8, 4) is 11.5 Å². The summed E-state index contributed by atoms with van der Waals surface area (Å²) in [5.41, 5.74) is 3.16. The first-order chi connectivity index (χ1) is 16.5. The third kappa shape index (κ3) is 6.99. The topological polar surface area (TPSA) is 106 Å². The Hall–Kier alpha value is -4.53. The molecule has 174 valence electrons. The molecule has 3 rings (SSSR count). The van der Waals surface area contributed by atoms with Crippen molar-refractivity contribution >= 4 is 24.0 Å². The molecule has 0 radical (unpaired) electrons. The molecule has 0 bridgehead atoms. The molecule has 2 amide bonds. The summed E-state index contributed by atoms with van der Waals surface area (Å²) in [6, 6.07) is 18.3. The molecular weight excluding hydrogens is 441 g/mol. The molecule has 0 aliphatic heterocycles. The lowest BCUT2D eigenvalue weighted by Gasteiger charge is -2.06. The van der Waals surface area contributed by atoms with E-state index in [1.807, 2.05) is 6.92 Å². The van der Waals surface area contributed by atoms with E-state index in [2.05, 4.69) is 15.8 Å². The highest BCUT2D eigenvalue weighted by molar-refractivity contribution is 5.96. The van der Waals surface area contributed by atoms with E-state index in [0.29, 0.717) is 23.5 Å². The number of nitrogens with one attached hydrogen (secondary N) is 2. The molecule has 0 aromatic heterocycles. The Morgan fingerprint density at radius 2 is 1.62 bits per heavy atom. The van der Waals surface area contributed by atoms with E-state index in [0.717, 1.165) is 0 Å². The van der Waals surface area contributed by atoms with Gasteiger partial charge in [0.15, 0.2) is 0 Å². The fraction of sp³-hybridized carbons (Fsp3) is 0.120. The number of ether oxygens (including phenoxy) is 2. The van der Waals surface area contributed by atoms with Crippen molar-refractivity contribution in [2.24, 2.45) is 5.10 Å². The van der Waals surface area contributed by atoms with E-state index in [1.54, 1.807) is 42.5 Å². The summed E-state index contributed by atoms with van der Waals surface area (Å²) in [6.45, 7) is 2.14. The van der Waals surface area contributed by atoms with Crippen molar-refractivity contribution in [3.05, 3.63) is 95.3 Å². The molecule has 34 heavy (non-hydrogen) atoms. The van der Waals surface area contributed by atoms with Crippen molar-refractivity contribution in [3.63, 3.8) is 0 Å². The highest BCUT2D eigenvalue weighted by atomic mass is 19.1. The number of hydrazone groups is 1. The molecule has 3 aromatic carbocycles. The largest absolute Gasteiger partial charge is 0.494 e. The minimum Gasteiger partial charge on any atom is -0.494 e. The summed E-state index contributed by atoms with van der Waals surface area (Å²) in [4.78, 5) is 36.0. The fourth-order valence-electron chi connectivity index (χ4n) is 2.76. The maximum absolute atomic E-state index is 13.7. The first kappa shape index (κ1) is 24.1. The number of amides is 2. The number of hydrogen-bond acceptors (Lipinski definition) is 6. The number of esters is 1. The van der Waals surface area contributed by atoms with E-state index < -0.39 is 23.6 Å². The molecular formula is C25H22FN3O5. The molecule has 0 aliphatic rings. The van der Waals surface area contributed by atoms with Crippen molar-refractivity contribution < 1.29 is 28.2 Å². The van der Waals surface area contributed by atoms with Crippen molar-refractivity contribution in [2.75, 3.05) is 13.2 Å². The van der Waals surface area contributed by atoms with Gasteiger partial charge in [0.2, 0.25) is 0 Å². The van der Waals surface area contributed by atoms with Crippen LogP contribution < -0.4 is 20.2 Å².